The van der Waals surface area contributed by atoms with Gasteiger partial charge in [0.1, 0.15) is 18.5 Å². The van der Waals surface area contributed by atoms with Crippen molar-refractivity contribution in [1.82, 2.24) is 0 Å². The van der Waals surface area contributed by atoms with E-state index in [0.29, 0.717) is 0 Å². The van der Waals surface area contributed by atoms with Crippen molar-refractivity contribution < 1.29 is 14.0 Å². The van der Waals surface area contributed by atoms with Gasteiger partial charge >= 0.3 is 0 Å². The van der Waals surface area contributed by atoms with Gasteiger partial charge in [-0.3, -0.25) is 0 Å². The number of hydrogen-bond donors (Lipinski definition) is 0. The zero-order valence-corrected chi connectivity index (χ0v) is 13.6. The van der Waals surface area contributed by atoms with Gasteiger partial charge < -0.3 is 9.47 Å². The molecule has 0 saturated heterocycles. The third-order valence-corrected chi connectivity index (χ3v) is 3.95. The van der Waals surface area contributed by atoms with E-state index in [4.69, 9.17) is 9.47 Å². The first-order valence-electron chi connectivity index (χ1n) is 7.50. The Kier molecular flexibility index (Phi) is 4.29. The Bertz CT molecular complexity index is 869. The molecule has 0 N–H and O–H groups in total. The first kappa shape index (κ1) is 15.1. The molecule has 1 aromatic heterocycles. The van der Waals surface area contributed by atoms with E-state index in [1.165, 1.54) is 10.8 Å². The molecule has 0 aliphatic carbocycles. The Hall–Kier alpha value is -2.81. The number of fused-ring (bicyclic) bond motifs is 1. The molecule has 2 aromatic carbocycles. The standard InChI is InChI=1S/C20H20NO2/c1-21-13-12-15-6-4-5-7-18(15)19(21)10-8-16-14-17(22-2)9-11-20(16)23-3/h4-14H,1-3H3/q+1/b10-8-. The first-order valence-corrected chi connectivity index (χ1v) is 7.50. The van der Waals surface area contributed by atoms with Crippen LogP contribution in [0.1, 0.15) is 11.3 Å². The van der Waals surface area contributed by atoms with Crippen LogP contribution in [-0.4, -0.2) is 14.2 Å². The molecule has 0 amide bonds. The summed E-state index contributed by atoms with van der Waals surface area (Å²) in [6.07, 6.45) is 6.24. The van der Waals surface area contributed by atoms with Gasteiger partial charge in [0.05, 0.1) is 19.6 Å². The summed E-state index contributed by atoms with van der Waals surface area (Å²) in [4.78, 5) is 0. The van der Waals surface area contributed by atoms with Crippen molar-refractivity contribution >= 4 is 22.9 Å². The molecule has 3 nitrogen and oxygen atoms in total. The van der Waals surface area contributed by atoms with E-state index in [1.54, 1.807) is 14.2 Å². The molecule has 1 heterocycles. The minimum Gasteiger partial charge on any atom is -0.497 e. The monoisotopic (exact) mass is 306 g/mol. The summed E-state index contributed by atoms with van der Waals surface area (Å²) in [5, 5.41) is 2.44. The topological polar surface area (TPSA) is 22.3 Å². The van der Waals surface area contributed by atoms with E-state index in [1.807, 2.05) is 18.2 Å². The molecular weight excluding hydrogens is 286 g/mol. The predicted octanol–water partition coefficient (Wildman–Crippen LogP) is 3.85. The van der Waals surface area contributed by atoms with Crippen LogP contribution in [0.3, 0.4) is 0 Å². The lowest BCUT2D eigenvalue weighted by Gasteiger charge is -2.07. The van der Waals surface area contributed by atoms with Crippen LogP contribution in [0.5, 0.6) is 11.5 Å². The second-order valence-corrected chi connectivity index (χ2v) is 5.34. The average molecular weight is 306 g/mol. The van der Waals surface area contributed by atoms with Crippen LogP contribution in [0.2, 0.25) is 0 Å². The Morgan fingerprint density at radius 2 is 1.74 bits per heavy atom. The summed E-state index contributed by atoms with van der Waals surface area (Å²) in [7, 11) is 5.39. The molecule has 0 atom stereocenters. The first-order chi connectivity index (χ1) is 11.2. The molecule has 3 heteroatoms. The normalized spacial score (nSPS) is 11.1. The lowest BCUT2D eigenvalue weighted by atomic mass is 10.1. The summed E-state index contributed by atoms with van der Waals surface area (Å²) in [6, 6.07) is 16.3. The van der Waals surface area contributed by atoms with Crippen molar-refractivity contribution in [3.63, 3.8) is 0 Å². The average Bonchev–Trinajstić information content (AvgIpc) is 2.60. The van der Waals surface area contributed by atoms with Gasteiger partial charge in [-0.25, -0.2) is 4.57 Å². The van der Waals surface area contributed by atoms with Crippen LogP contribution in [0, 0.1) is 0 Å². The summed E-state index contributed by atoms with van der Waals surface area (Å²) >= 11 is 0. The number of aryl methyl sites for hydroxylation is 1. The summed E-state index contributed by atoms with van der Waals surface area (Å²) < 4.78 is 12.9. The van der Waals surface area contributed by atoms with Gasteiger partial charge in [0, 0.05) is 17.7 Å². The van der Waals surface area contributed by atoms with Gasteiger partial charge in [-0.2, -0.15) is 0 Å². The van der Waals surface area contributed by atoms with E-state index in [2.05, 4.69) is 60.3 Å². The van der Waals surface area contributed by atoms with Crippen molar-refractivity contribution in [2.24, 2.45) is 7.05 Å². The van der Waals surface area contributed by atoms with Crippen molar-refractivity contribution in [3.05, 3.63) is 66.0 Å². The highest BCUT2D eigenvalue weighted by Gasteiger charge is 2.09. The highest BCUT2D eigenvalue weighted by Crippen LogP contribution is 2.26. The number of rotatable bonds is 4. The Balaban J connectivity index is 2.09. The number of ether oxygens (including phenoxy) is 2. The SMILES string of the molecule is COc1ccc(OC)c(/C=C\c2c3ccccc3cc[n+]2C)c1. The van der Waals surface area contributed by atoms with Crippen molar-refractivity contribution in [3.8, 4) is 11.5 Å². The maximum Gasteiger partial charge on any atom is 0.212 e. The van der Waals surface area contributed by atoms with Gasteiger partial charge in [-0.1, -0.05) is 18.2 Å². The van der Waals surface area contributed by atoms with E-state index in [9.17, 15) is 0 Å². The second-order valence-electron chi connectivity index (χ2n) is 5.34. The maximum atomic E-state index is 5.44. The van der Waals surface area contributed by atoms with Gasteiger partial charge in [-0.05, 0) is 35.7 Å². The minimum atomic E-state index is 0.813. The molecule has 0 unspecified atom stereocenters. The van der Waals surface area contributed by atoms with Gasteiger partial charge in [0.25, 0.3) is 0 Å². The molecule has 0 spiro atoms. The number of nitrogens with zero attached hydrogens (tertiary/aromatic N) is 1. The lowest BCUT2D eigenvalue weighted by Crippen LogP contribution is -2.31. The molecule has 3 aromatic rings. The predicted molar refractivity (Wildman–Crippen MR) is 93.6 cm³/mol. The fourth-order valence-electron chi connectivity index (χ4n) is 2.68. The van der Waals surface area contributed by atoms with Crippen LogP contribution in [0.25, 0.3) is 22.9 Å². The summed E-state index contributed by atoms with van der Waals surface area (Å²) in [5.74, 6) is 1.64. The number of pyridine rings is 1. The van der Waals surface area contributed by atoms with Crippen molar-refractivity contribution in [1.29, 1.82) is 0 Å². The molecule has 0 fully saturated rings. The fraction of sp³-hybridized carbons (Fsp3) is 0.150. The third-order valence-electron chi connectivity index (χ3n) is 3.95. The third kappa shape index (κ3) is 3.04. The molecule has 23 heavy (non-hydrogen) atoms. The summed E-state index contributed by atoms with van der Waals surface area (Å²) in [5.41, 5.74) is 2.13. The maximum absolute atomic E-state index is 5.44. The minimum absolute atomic E-state index is 0.813. The van der Waals surface area contributed by atoms with Crippen LogP contribution in [0.4, 0.5) is 0 Å². The van der Waals surface area contributed by atoms with E-state index in [-0.39, 0.29) is 0 Å². The molecular formula is C20H20NO2+. The Morgan fingerprint density at radius 1 is 0.913 bits per heavy atom. The quantitative estimate of drug-likeness (QED) is 0.683. The Labute approximate surface area is 136 Å². The molecule has 0 bridgehead atoms. The largest absolute Gasteiger partial charge is 0.497 e. The van der Waals surface area contributed by atoms with Crippen LogP contribution in [0.15, 0.2) is 54.7 Å². The van der Waals surface area contributed by atoms with Gasteiger partial charge in [-0.15, -0.1) is 0 Å². The van der Waals surface area contributed by atoms with E-state index < -0.39 is 0 Å². The molecule has 116 valence electrons. The van der Waals surface area contributed by atoms with Crippen LogP contribution >= 0.6 is 0 Å². The van der Waals surface area contributed by atoms with Crippen LogP contribution in [-0.2, 0) is 7.05 Å². The molecule has 0 aliphatic rings. The van der Waals surface area contributed by atoms with Crippen molar-refractivity contribution in [2.75, 3.05) is 14.2 Å². The fourth-order valence-corrected chi connectivity index (χ4v) is 2.68. The van der Waals surface area contributed by atoms with Gasteiger partial charge in [0.15, 0.2) is 6.20 Å². The summed E-state index contributed by atoms with van der Waals surface area (Å²) in [6.45, 7) is 0. The highest BCUT2D eigenvalue weighted by atomic mass is 16.5. The molecule has 0 saturated carbocycles. The highest BCUT2D eigenvalue weighted by molar-refractivity contribution is 5.90. The number of methoxy groups -OCH3 is 2. The molecule has 0 radical (unpaired) electrons. The van der Waals surface area contributed by atoms with Crippen molar-refractivity contribution in [2.45, 2.75) is 0 Å². The number of aromatic nitrogens is 1. The second kappa shape index (κ2) is 6.53. The smallest absolute Gasteiger partial charge is 0.212 e. The lowest BCUT2D eigenvalue weighted by molar-refractivity contribution is -0.671. The number of benzene rings is 2. The van der Waals surface area contributed by atoms with Gasteiger partial charge in [0.2, 0.25) is 5.69 Å². The van der Waals surface area contributed by atoms with E-state index >= 15 is 0 Å². The zero-order valence-electron chi connectivity index (χ0n) is 13.6. The Morgan fingerprint density at radius 3 is 2.52 bits per heavy atom. The number of hydrogen-bond acceptors (Lipinski definition) is 2. The van der Waals surface area contributed by atoms with Crippen LogP contribution < -0.4 is 14.0 Å². The zero-order chi connectivity index (χ0) is 16.2. The molecule has 3 rings (SSSR count). The molecule has 0 aliphatic heterocycles. The van der Waals surface area contributed by atoms with E-state index in [0.717, 1.165) is 22.8 Å².